The van der Waals surface area contributed by atoms with Crippen LogP contribution < -0.4 is 0 Å². The Balaban J connectivity index is 2.47. The molecule has 0 aliphatic carbocycles. The van der Waals surface area contributed by atoms with Crippen molar-refractivity contribution in [2.24, 2.45) is 0 Å². The molecule has 0 radical (unpaired) electrons. The number of furan rings is 1. The number of rotatable bonds is 3. The van der Waals surface area contributed by atoms with Gasteiger partial charge in [0, 0.05) is 5.39 Å². The normalized spacial score (nSPS) is 13.2. The highest BCUT2D eigenvalue weighted by Gasteiger charge is 2.14. The van der Waals surface area contributed by atoms with Crippen LogP contribution in [-0.2, 0) is 0 Å². The number of hydrogen-bond acceptors (Lipinski definition) is 2. The van der Waals surface area contributed by atoms with Crippen molar-refractivity contribution in [3.8, 4) is 0 Å². The highest BCUT2D eigenvalue weighted by molar-refractivity contribution is 5.81. The number of hydrogen-bond donors (Lipinski definition) is 1. The Hall–Kier alpha value is -1.35. The van der Waals surface area contributed by atoms with E-state index in [1.807, 2.05) is 6.92 Å². The smallest absolute Gasteiger partial charge is 0.137 e. The first kappa shape index (κ1) is 11.1. The standard InChI is InChI=1S/C13H15FO2/c1-3-4-11(15)12-7-9-6-10(14)5-8(2)13(9)16-12/h5-7,11,15H,3-4H2,1-2H3. The van der Waals surface area contributed by atoms with Gasteiger partial charge < -0.3 is 9.52 Å². The lowest BCUT2D eigenvalue weighted by Crippen LogP contribution is -1.93. The molecule has 0 bridgehead atoms. The van der Waals surface area contributed by atoms with Crippen LogP contribution in [0, 0.1) is 12.7 Å². The Labute approximate surface area is 93.7 Å². The summed E-state index contributed by atoms with van der Waals surface area (Å²) < 4.78 is 18.7. The molecule has 1 atom stereocenters. The SMILES string of the molecule is CCCC(O)c1cc2cc(F)cc(C)c2o1. The third-order valence-electron chi connectivity index (χ3n) is 2.68. The second kappa shape index (κ2) is 4.26. The van der Waals surface area contributed by atoms with Gasteiger partial charge in [-0.3, -0.25) is 0 Å². The second-order valence-electron chi connectivity index (χ2n) is 4.09. The van der Waals surface area contributed by atoms with Crippen molar-refractivity contribution in [2.75, 3.05) is 0 Å². The molecule has 2 aromatic rings. The Morgan fingerprint density at radius 1 is 1.38 bits per heavy atom. The van der Waals surface area contributed by atoms with Crippen LogP contribution in [0.25, 0.3) is 11.0 Å². The highest BCUT2D eigenvalue weighted by atomic mass is 19.1. The van der Waals surface area contributed by atoms with Crippen molar-refractivity contribution in [2.45, 2.75) is 32.8 Å². The van der Waals surface area contributed by atoms with Crippen molar-refractivity contribution in [3.63, 3.8) is 0 Å². The fraction of sp³-hybridized carbons (Fsp3) is 0.385. The number of fused-ring (bicyclic) bond motifs is 1. The minimum Gasteiger partial charge on any atom is -0.458 e. The summed E-state index contributed by atoms with van der Waals surface area (Å²) >= 11 is 0. The molecule has 0 saturated heterocycles. The van der Waals surface area contributed by atoms with Gasteiger partial charge in [0.1, 0.15) is 23.3 Å². The number of aliphatic hydroxyl groups is 1. The fourth-order valence-electron chi connectivity index (χ4n) is 1.88. The van der Waals surface area contributed by atoms with Crippen molar-refractivity contribution in [3.05, 3.63) is 35.3 Å². The number of halogens is 1. The molecule has 86 valence electrons. The van der Waals surface area contributed by atoms with Crippen molar-refractivity contribution in [1.29, 1.82) is 0 Å². The van der Waals surface area contributed by atoms with Gasteiger partial charge in [0.05, 0.1) is 0 Å². The van der Waals surface area contributed by atoms with Gasteiger partial charge in [-0.2, -0.15) is 0 Å². The van der Waals surface area contributed by atoms with Crippen LogP contribution >= 0.6 is 0 Å². The average molecular weight is 222 g/mol. The lowest BCUT2D eigenvalue weighted by atomic mass is 10.1. The minimum atomic E-state index is -0.597. The second-order valence-corrected chi connectivity index (χ2v) is 4.09. The molecule has 1 N–H and O–H groups in total. The number of aryl methyl sites for hydroxylation is 1. The van der Waals surface area contributed by atoms with Crippen LogP contribution in [0.4, 0.5) is 4.39 Å². The summed E-state index contributed by atoms with van der Waals surface area (Å²) in [6.07, 6.45) is 0.937. The zero-order valence-electron chi connectivity index (χ0n) is 9.46. The van der Waals surface area contributed by atoms with Gasteiger partial charge in [-0.05, 0) is 37.1 Å². The molecule has 1 aromatic carbocycles. The van der Waals surface area contributed by atoms with Gasteiger partial charge in [0.2, 0.25) is 0 Å². The largest absolute Gasteiger partial charge is 0.458 e. The van der Waals surface area contributed by atoms with E-state index in [0.29, 0.717) is 23.2 Å². The molecule has 1 heterocycles. The first-order valence-electron chi connectivity index (χ1n) is 5.49. The van der Waals surface area contributed by atoms with Crippen molar-refractivity contribution >= 4 is 11.0 Å². The maximum absolute atomic E-state index is 13.2. The van der Waals surface area contributed by atoms with Crippen LogP contribution in [0.1, 0.15) is 37.2 Å². The summed E-state index contributed by atoms with van der Waals surface area (Å²) in [5, 5.41) is 10.5. The van der Waals surface area contributed by atoms with Gasteiger partial charge in [-0.25, -0.2) is 4.39 Å². The van der Waals surface area contributed by atoms with Crippen LogP contribution in [-0.4, -0.2) is 5.11 Å². The van der Waals surface area contributed by atoms with Crippen molar-refractivity contribution in [1.82, 2.24) is 0 Å². The molecule has 2 nitrogen and oxygen atoms in total. The number of benzene rings is 1. The zero-order chi connectivity index (χ0) is 11.7. The molecule has 0 amide bonds. The van der Waals surface area contributed by atoms with Crippen LogP contribution in [0.2, 0.25) is 0 Å². The maximum Gasteiger partial charge on any atom is 0.137 e. The topological polar surface area (TPSA) is 33.4 Å². The quantitative estimate of drug-likeness (QED) is 0.858. The summed E-state index contributed by atoms with van der Waals surface area (Å²) in [6, 6.07) is 4.57. The van der Waals surface area contributed by atoms with Gasteiger partial charge in [-0.1, -0.05) is 13.3 Å². The van der Waals surface area contributed by atoms with Gasteiger partial charge in [0.25, 0.3) is 0 Å². The van der Waals surface area contributed by atoms with E-state index in [4.69, 9.17) is 4.42 Å². The number of aliphatic hydroxyl groups excluding tert-OH is 1. The van der Waals surface area contributed by atoms with E-state index in [1.165, 1.54) is 12.1 Å². The summed E-state index contributed by atoms with van der Waals surface area (Å²) in [4.78, 5) is 0. The van der Waals surface area contributed by atoms with E-state index in [9.17, 15) is 9.50 Å². The van der Waals surface area contributed by atoms with Gasteiger partial charge in [0.15, 0.2) is 0 Å². The van der Waals surface area contributed by atoms with E-state index in [1.54, 1.807) is 13.0 Å². The van der Waals surface area contributed by atoms with Crippen LogP contribution in [0.3, 0.4) is 0 Å². The van der Waals surface area contributed by atoms with Gasteiger partial charge in [-0.15, -0.1) is 0 Å². The van der Waals surface area contributed by atoms with E-state index in [2.05, 4.69) is 0 Å². The fourth-order valence-corrected chi connectivity index (χ4v) is 1.88. The Morgan fingerprint density at radius 2 is 2.12 bits per heavy atom. The predicted molar refractivity (Wildman–Crippen MR) is 60.8 cm³/mol. The molecule has 0 aliphatic heterocycles. The summed E-state index contributed by atoms with van der Waals surface area (Å²) in [5.74, 6) is 0.243. The molecule has 0 saturated carbocycles. The minimum absolute atomic E-state index is 0.276. The lowest BCUT2D eigenvalue weighted by molar-refractivity contribution is 0.141. The highest BCUT2D eigenvalue weighted by Crippen LogP contribution is 2.29. The average Bonchev–Trinajstić information content (AvgIpc) is 2.62. The third-order valence-corrected chi connectivity index (χ3v) is 2.68. The first-order chi connectivity index (χ1) is 7.61. The summed E-state index contributed by atoms with van der Waals surface area (Å²) in [5.41, 5.74) is 1.41. The monoisotopic (exact) mass is 222 g/mol. The molecular weight excluding hydrogens is 207 g/mol. The van der Waals surface area contributed by atoms with Crippen molar-refractivity contribution < 1.29 is 13.9 Å². The predicted octanol–water partition coefficient (Wildman–Crippen LogP) is 3.71. The lowest BCUT2D eigenvalue weighted by Gasteiger charge is -2.03. The Kier molecular flexibility index (Phi) is 2.97. The third kappa shape index (κ3) is 1.95. The van der Waals surface area contributed by atoms with E-state index in [-0.39, 0.29) is 5.82 Å². The molecule has 1 aromatic heterocycles. The molecule has 0 spiro atoms. The molecule has 16 heavy (non-hydrogen) atoms. The van der Waals surface area contributed by atoms with E-state index >= 15 is 0 Å². The molecule has 0 aliphatic rings. The Morgan fingerprint density at radius 3 is 2.81 bits per heavy atom. The van der Waals surface area contributed by atoms with E-state index < -0.39 is 6.10 Å². The molecule has 1 unspecified atom stereocenters. The molecule has 2 rings (SSSR count). The van der Waals surface area contributed by atoms with Crippen LogP contribution in [0.15, 0.2) is 22.6 Å². The molecule has 3 heteroatoms. The maximum atomic E-state index is 13.2. The zero-order valence-corrected chi connectivity index (χ0v) is 9.46. The Bertz CT molecular complexity index is 502. The molecular formula is C13H15FO2. The summed E-state index contributed by atoms with van der Waals surface area (Å²) in [7, 11) is 0. The summed E-state index contributed by atoms with van der Waals surface area (Å²) in [6.45, 7) is 3.79. The van der Waals surface area contributed by atoms with E-state index in [0.717, 1.165) is 12.0 Å². The van der Waals surface area contributed by atoms with Crippen LogP contribution in [0.5, 0.6) is 0 Å². The molecule has 0 fully saturated rings. The van der Waals surface area contributed by atoms with Gasteiger partial charge >= 0.3 is 0 Å². The first-order valence-corrected chi connectivity index (χ1v) is 5.49.